The predicted octanol–water partition coefficient (Wildman–Crippen LogP) is 0.499. The minimum atomic E-state index is -0.598. The Morgan fingerprint density at radius 3 is 2.76 bits per heavy atom. The molecule has 2 aliphatic rings. The lowest BCUT2D eigenvalue weighted by Crippen LogP contribution is -2.36. The lowest BCUT2D eigenvalue weighted by molar-refractivity contribution is -0.149. The van der Waals surface area contributed by atoms with Crippen molar-refractivity contribution in [3.8, 4) is 0 Å². The monoisotopic (exact) mass is 237 g/mol. The van der Waals surface area contributed by atoms with Gasteiger partial charge in [-0.1, -0.05) is 6.08 Å². The van der Waals surface area contributed by atoms with Crippen LogP contribution in [0.4, 0.5) is 0 Å². The second-order valence-electron chi connectivity index (χ2n) is 4.29. The topological polar surface area (TPSA) is 63.7 Å². The van der Waals surface area contributed by atoms with E-state index in [0.29, 0.717) is 13.0 Å². The lowest BCUT2D eigenvalue weighted by Gasteiger charge is -2.25. The van der Waals surface area contributed by atoms with Gasteiger partial charge in [-0.15, -0.1) is 0 Å². The maximum atomic E-state index is 12.1. The number of hydrogen-bond donors (Lipinski definition) is 0. The number of carbonyl (C=O) groups excluding carboxylic acids is 3. The van der Waals surface area contributed by atoms with E-state index in [4.69, 9.17) is 4.74 Å². The Bertz CT molecular complexity index is 401. The van der Waals surface area contributed by atoms with Crippen molar-refractivity contribution >= 4 is 17.8 Å². The molecule has 1 aliphatic carbocycles. The van der Waals surface area contributed by atoms with Gasteiger partial charge in [0, 0.05) is 13.5 Å². The van der Waals surface area contributed by atoms with E-state index in [1.807, 2.05) is 0 Å². The largest absolute Gasteiger partial charge is 0.457 e. The van der Waals surface area contributed by atoms with Crippen LogP contribution in [-0.4, -0.2) is 35.3 Å². The molecule has 3 atom stereocenters. The molecule has 1 aliphatic heterocycles. The van der Waals surface area contributed by atoms with Crippen LogP contribution in [0.2, 0.25) is 0 Å². The number of nitrogens with zero attached hydrogens (tertiary/aromatic N) is 1. The SMILES string of the molecule is CCN1C(=O)[C@H]2[C@H](CC=C[C@H]2OC(C)=O)C1=O. The average molecular weight is 237 g/mol. The van der Waals surface area contributed by atoms with Crippen LogP contribution in [0.5, 0.6) is 0 Å². The number of fused-ring (bicyclic) bond motifs is 1. The number of imide groups is 1. The normalized spacial score (nSPS) is 31.6. The standard InChI is InChI=1S/C12H15NO4/c1-3-13-11(15)8-5-4-6-9(17-7(2)14)10(8)12(13)16/h4,6,8-10H,3,5H2,1-2H3/t8-,9+,10-/m0/s1. The number of rotatable bonds is 2. The molecule has 92 valence electrons. The smallest absolute Gasteiger partial charge is 0.303 e. The zero-order valence-corrected chi connectivity index (χ0v) is 9.88. The molecule has 0 N–H and O–H groups in total. The molecule has 1 saturated heterocycles. The summed E-state index contributed by atoms with van der Waals surface area (Å²) in [5.74, 6) is -1.70. The van der Waals surface area contributed by atoms with Crippen LogP contribution >= 0.6 is 0 Å². The third kappa shape index (κ3) is 1.85. The minimum absolute atomic E-state index is 0.149. The van der Waals surface area contributed by atoms with E-state index in [2.05, 4.69) is 0 Å². The molecule has 0 aromatic carbocycles. The van der Waals surface area contributed by atoms with E-state index in [-0.39, 0.29) is 17.7 Å². The fraction of sp³-hybridized carbons (Fsp3) is 0.583. The molecule has 5 nitrogen and oxygen atoms in total. The minimum Gasteiger partial charge on any atom is -0.457 e. The van der Waals surface area contributed by atoms with Gasteiger partial charge in [0.15, 0.2) is 0 Å². The van der Waals surface area contributed by atoms with Gasteiger partial charge in [0.2, 0.25) is 11.8 Å². The summed E-state index contributed by atoms with van der Waals surface area (Å²) in [6, 6.07) is 0. The molecule has 1 heterocycles. The first kappa shape index (κ1) is 11.8. The van der Waals surface area contributed by atoms with E-state index < -0.39 is 18.0 Å². The van der Waals surface area contributed by atoms with Gasteiger partial charge in [-0.2, -0.15) is 0 Å². The molecule has 0 spiro atoms. The van der Waals surface area contributed by atoms with Crippen molar-refractivity contribution in [1.29, 1.82) is 0 Å². The molecule has 5 heteroatoms. The predicted molar refractivity (Wildman–Crippen MR) is 58.7 cm³/mol. The van der Waals surface area contributed by atoms with Crippen molar-refractivity contribution in [3.63, 3.8) is 0 Å². The third-order valence-electron chi connectivity index (χ3n) is 3.26. The molecule has 0 bridgehead atoms. The summed E-state index contributed by atoms with van der Waals surface area (Å²) in [5.41, 5.74) is 0. The Kier molecular flexibility index (Phi) is 3.00. The van der Waals surface area contributed by atoms with Gasteiger partial charge in [-0.3, -0.25) is 19.3 Å². The number of esters is 1. The second kappa shape index (κ2) is 4.31. The maximum absolute atomic E-state index is 12.1. The summed E-state index contributed by atoms with van der Waals surface area (Å²) >= 11 is 0. The Morgan fingerprint density at radius 1 is 1.47 bits per heavy atom. The number of hydrogen-bond acceptors (Lipinski definition) is 4. The van der Waals surface area contributed by atoms with Gasteiger partial charge in [-0.05, 0) is 19.4 Å². The maximum Gasteiger partial charge on any atom is 0.303 e. The fourth-order valence-corrected chi connectivity index (χ4v) is 2.53. The molecule has 1 fully saturated rings. The highest BCUT2D eigenvalue weighted by Gasteiger charge is 2.51. The number of amides is 2. The van der Waals surface area contributed by atoms with Gasteiger partial charge < -0.3 is 4.74 Å². The number of ether oxygens (including phenoxy) is 1. The molecule has 2 rings (SSSR count). The van der Waals surface area contributed by atoms with Crippen LogP contribution in [0.25, 0.3) is 0 Å². The highest BCUT2D eigenvalue weighted by Crippen LogP contribution is 2.36. The van der Waals surface area contributed by atoms with Gasteiger partial charge in [0.05, 0.1) is 11.8 Å². The first-order valence-electron chi connectivity index (χ1n) is 5.75. The second-order valence-corrected chi connectivity index (χ2v) is 4.29. The highest BCUT2D eigenvalue weighted by molar-refractivity contribution is 6.05. The molecule has 0 saturated carbocycles. The van der Waals surface area contributed by atoms with Gasteiger partial charge in [0.25, 0.3) is 0 Å². The van der Waals surface area contributed by atoms with Crippen LogP contribution in [0, 0.1) is 11.8 Å². The number of allylic oxidation sites excluding steroid dienone is 1. The molecular weight excluding hydrogens is 222 g/mol. The molecule has 0 unspecified atom stereocenters. The summed E-state index contributed by atoms with van der Waals surface area (Å²) in [7, 11) is 0. The fourth-order valence-electron chi connectivity index (χ4n) is 2.53. The molecule has 0 radical (unpaired) electrons. The first-order chi connectivity index (χ1) is 8.06. The first-order valence-corrected chi connectivity index (χ1v) is 5.75. The van der Waals surface area contributed by atoms with E-state index >= 15 is 0 Å². The van der Waals surface area contributed by atoms with Crippen molar-refractivity contribution in [2.24, 2.45) is 11.8 Å². The van der Waals surface area contributed by atoms with Crippen molar-refractivity contribution in [2.45, 2.75) is 26.4 Å². The van der Waals surface area contributed by atoms with Crippen LogP contribution in [0.15, 0.2) is 12.2 Å². The van der Waals surface area contributed by atoms with Gasteiger partial charge >= 0.3 is 5.97 Å². The number of likely N-dealkylation sites (tertiary alicyclic amines) is 1. The van der Waals surface area contributed by atoms with Crippen molar-refractivity contribution in [1.82, 2.24) is 4.90 Å². The molecular formula is C12H15NO4. The molecule has 17 heavy (non-hydrogen) atoms. The van der Waals surface area contributed by atoms with E-state index in [0.717, 1.165) is 0 Å². The Balaban J connectivity index is 2.27. The Morgan fingerprint density at radius 2 is 2.18 bits per heavy atom. The van der Waals surface area contributed by atoms with Gasteiger partial charge in [-0.25, -0.2) is 0 Å². The molecule has 0 aromatic rings. The molecule has 2 amide bonds. The summed E-state index contributed by atoms with van der Waals surface area (Å²) in [4.78, 5) is 36.2. The zero-order chi connectivity index (χ0) is 12.6. The van der Waals surface area contributed by atoms with Crippen molar-refractivity contribution in [3.05, 3.63) is 12.2 Å². The van der Waals surface area contributed by atoms with Gasteiger partial charge in [0.1, 0.15) is 6.10 Å². The van der Waals surface area contributed by atoms with E-state index in [1.54, 1.807) is 19.1 Å². The van der Waals surface area contributed by atoms with Crippen LogP contribution in [0.1, 0.15) is 20.3 Å². The summed E-state index contributed by atoms with van der Waals surface area (Å²) in [6.45, 7) is 3.44. The quantitative estimate of drug-likeness (QED) is 0.398. The Labute approximate surface area is 99.4 Å². The highest BCUT2D eigenvalue weighted by atomic mass is 16.5. The zero-order valence-electron chi connectivity index (χ0n) is 9.88. The van der Waals surface area contributed by atoms with Crippen LogP contribution in [-0.2, 0) is 19.1 Å². The van der Waals surface area contributed by atoms with Crippen LogP contribution < -0.4 is 0 Å². The summed E-state index contributed by atoms with van der Waals surface area (Å²) < 4.78 is 5.09. The van der Waals surface area contributed by atoms with E-state index in [9.17, 15) is 14.4 Å². The summed E-state index contributed by atoms with van der Waals surface area (Å²) in [6.07, 6.45) is 3.45. The van der Waals surface area contributed by atoms with Crippen molar-refractivity contribution < 1.29 is 19.1 Å². The van der Waals surface area contributed by atoms with Crippen molar-refractivity contribution in [2.75, 3.05) is 6.54 Å². The molecule has 0 aromatic heterocycles. The van der Waals surface area contributed by atoms with Crippen LogP contribution in [0.3, 0.4) is 0 Å². The van der Waals surface area contributed by atoms with E-state index in [1.165, 1.54) is 11.8 Å². The lowest BCUT2D eigenvalue weighted by atomic mass is 9.83. The third-order valence-corrected chi connectivity index (χ3v) is 3.26. The Hall–Kier alpha value is -1.65. The number of carbonyl (C=O) groups is 3. The summed E-state index contributed by atoms with van der Waals surface area (Å²) in [5, 5.41) is 0. The average Bonchev–Trinajstić information content (AvgIpc) is 2.52.